The summed E-state index contributed by atoms with van der Waals surface area (Å²) in [5.74, 6) is -1.21. The summed E-state index contributed by atoms with van der Waals surface area (Å²) < 4.78 is 33.5. The highest BCUT2D eigenvalue weighted by atomic mass is 31.2. The summed E-state index contributed by atoms with van der Waals surface area (Å²) in [6, 6.07) is 0. The van der Waals surface area contributed by atoms with Crippen LogP contribution in [0.2, 0.25) is 0 Å². The molecule has 6 atom stereocenters. The molecular weight excluding hydrogens is 864 g/mol. The fourth-order valence-corrected chi connectivity index (χ4v) is 7.73. The van der Waals surface area contributed by atoms with Gasteiger partial charge in [0.2, 0.25) is 0 Å². The number of carbonyl (C=O) groups is 2. The molecule has 6 N–H and O–H groups in total. The lowest BCUT2D eigenvalue weighted by Gasteiger charge is -2.41. The standard InChI is InChI=1S/C52H85O13P/c1-3-5-7-9-11-13-15-17-19-21-23-25-27-29-31-33-35-37-39-41-46(54)64-44(43-63-66(60,61)65-52-50(58)48(56)47(55)49(57)51(52)59)42-62-45(53)40-38-36-34-32-30-28-26-24-22-20-18-16-14-12-10-8-6-4-2/h5,7,11,13-14,16-17,19-20,22-23,25,29,31,35,37,44,47-52,55-59H,3-4,6,8-10,12,15,18,21,24,26-28,30,32-34,36,38-43H2,1-2H3,(H,60,61)/b7-5-,13-11-,16-14-,19-17-,22-20-,25-23-,31-29-,37-35-. The van der Waals surface area contributed by atoms with Gasteiger partial charge in [-0.2, -0.15) is 0 Å². The highest BCUT2D eigenvalue weighted by Crippen LogP contribution is 2.47. The minimum Gasteiger partial charge on any atom is -0.462 e. The lowest BCUT2D eigenvalue weighted by molar-refractivity contribution is -0.220. The predicted octanol–water partition coefficient (Wildman–Crippen LogP) is 10.2. The van der Waals surface area contributed by atoms with E-state index < -0.39 is 75.7 Å². The lowest BCUT2D eigenvalue weighted by atomic mass is 9.85. The van der Waals surface area contributed by atoms with Gasteiger partial charge < -0.3 is 39.9 Å². The SMILES string of the molecule is CC/C=C\C/C=C\C/C=C\C/C=C\C/C=C\C/C=C\CCC(=O)OC(COC(=O)CCCCCCCCC/C=C\C/C=C\CCCCCC)COP(=O)(O)OC1C(O)C(O)C(O)C(O)C1O. The first-order valence-electron chi connectivity index (χ1n) is 24.5. The monoisotopic (exact) mass is 949 g/mol. The van der Waals surface area contributed by atoms with Crippen LogP contribution in [-0.2, 0) is 32.7 Å². The third-order valence-electron chi connectivity index (χ3n) is 10.7. The Hall–Kier alpha value is -3.23. The number of ether oxygens (including phenoxy) is 2. The first kappa shape index (κ1) is 60.8. The number of esters is 2. The molecule has 66 heavy (non-hydrogen) atoms. The highest BCUT2D eigenvalue weighted by Gasteiger charge is 2.51. The molecule has 0 aromatic rings. The average molecular weight is 949 g/mol. The molecule has 0 bridgehead atoms. The van der Waals surface area contributed by atoms with Crippen molar-refractivity contribution in [3.63, 3.8) is 0 Å². The molecule has 0 saturated heterocycles. The Balaban J connectivity index is 2.50. The number of rotatable bonds is 39. The third kappa shape index (κ3) is 32.5. The average Bonchev–Trinajstić information content (AvgIpc) is 3.30. The molecular formula is C52H85O13P. The van der Waals surface area contributed by atoms with E-state index in [1.165, 1.54) is 32.1 Å². The molecule has 0 heterocycles. The Bertz CT molecular complexity index is 1520. The lowest BCUT2D eigenvalue weighted by Crippen LogP contribution is -2.64. The molecule has 1 aliphatic carbocycles. The molecule has 14 heteroatoms. The Morgan fingerprint density at radius 3 is 1.38 bits per heavy atom. The maximum Gasteiger partial charge on any atom is 0.472 e. The van der Waals surface area contributed by atoms with E-state index in [0.29, 0.717) is 19.3 Å². The Morgan fingerprint density at radius 2 is 0.894 bits per heavy atom. The minimum atomic E-state index is -5.15. The Morgan fingerprint density at radius 1 is 0.485 bits per heavy atom. The molecule has 0 amide bonds. The molecule has 6 unspecified atom stereocenters. The zero-order valence-corrected chi connectivity index (χ0v) is 40.8. The molecule has 376 valence electrons. The molecule has 1 aliphatic rings. The van der Waals surface area contributed by atoms with Gasteiger partial charge in [-0.1, -0.05) is 162 Å². The summed E-state index contributed by atoms with van der Waals surface area (Å²) >= 11 is 0. The van der Waals surface area contributed by atoms with Crippen molar-refractivity contribution in [3.05, 3.63) is 97.2 Å². The number of allylic oxidation sites excluding steroid dienone is 16. The number of unbranched alkanes of at least 4 members (excludes halogenated alkanes) is 11. The zero-order valence-electron chi connectivity index (χ0n) is 39.9. The van der Waals surface area contributed by atoms with Crippen LogP contribution in [-0.4, -0.2) is 98.3 Å². The predicted molar refractivity (Wildman–Crippen MR) is 262 cm³/mol. The fourth-order valence-electron chi connectivity index (χ4n) is 6.75. The van der Waals surface area contributed by atoms with Crippen molar-refractivity contribution in [1.82, 2.24) is 0 Å². The van der Waals surface area contributed by atoms with Crippen LogP contribution < -0.4 is 0 Å². The van der Waals surface area contributed by atoms with Gasteiger partial charge in [-0.05, 0) is 83.5 Å². The summed E-state index contributed by atoms with van der Waals surface area (Å²) in [5.41, 5.74) is 0. The molecule has 0 aliphatic heterocycles. The summed E-state index contributed by atoms with van der Waals surface area (Å²) in [6.07, 6.45) is 41.8. The van der Waals surface area contributed by atoms with Crippen LogP contribution in [0.25, 0.3) is 0 Å². The number of aliphatic hydroxyl groups excluding tert-OH is 5. The van der Waals surface area contributed by atoms with Crippen LogP contribution in [0.3, 0.4) is 0 Å². The van der Waals surface area contributed by atoms with E-state index in [-0.39, 0.29) is 12.8 Å². The van der Waals surface area contributed by atoms with Gasteiger partial charge in [0.25, 0.3) is 0 Å². The number of hydrogen-bond acceptors (Lipinski definition) is 12. The molecule has 1 rings (SSSR count). The van der Waals surface area contributed by atoms with Crippen LogP contribution in [0.15, 0.2) is 97.2 Å². The summed E-state index contributed by atoms with van der Waals surface area (Å²) in [5, 5.41) is 50.2. The van der Waals surface area contributed by atoms with Crippen LogP contribution in [0.4, 0.5) is 0 Å². The van der Waals surface area contributed by atoms with Gasteiger partial charge in [-0.15, -0.1) is 0 Å². The number of aliphatic hydroxyl groups is 5. The molecule has 1 fully saturated rings. The minimum absolute atomic E-state index is 0.0356. The summed E-state index contributed by atoms with van der Waals surface area (Å²) in [4.78, 5) is 35.8. The van der Waals surface area contributed by atoms with E-state index in [1.54, 1.807) is 0 Å². The maximum absolute atomic E-state index is 12.8. The Labute approximate surface area is 396 Å². The van der Waals surface area contributed by atoms with E-state index >= 15 is 0 Å². The van der Waals surface area contributed by atoms with E-state index in [4.69, 9.17) is 18.5 Å². The molecule has 0 aromatic heterocycles. The molecule has 0 spiro atoms. The first-order valence-corrected chi connectivity index (χ1v) is 26.0. The quantitative estimate of drug-likeness (QED) is 0.0147. The number of phosphoric acid groups is 1. The Kier molecular flexibility index (Phi) is 37.6. The highest BCUT2D eigenvalue weighted by molar-refractivity contribution is 7.47. The molecule has 1 saturated carbocycles. The first-order chi connectivity index (χ1) is 31.9. The van der Waals surface area contributed by atoms with E-state index in [1.807, 2.05) is 18.2 Å². The summed E-state index contributed by atoms with van der Waals surface area (Å²) in [7, 11) is -5.15. The van der Waals surface area contributed by atoms with Crippen molar-refractivity contribution in [2.75, 3.05) is 13.2 Å². The van der Waals surface area contributed by atoms with E-state index in [2.05, 4.69) is 92.8 Å². The number of carbonyl (C=O) groups excluding carboxylic acids is 2. The topological polar surface area (TPSA) is 210 Å². The van der Waals surface area contributed by atoms with Crippen LogP contribution >= 0.6 is 7.82 Å². The van der Waals surface area contributed by atoms with Gasteiger partial charge in [-0.3, -0.25) is 18.6 Å². The molecule has 0 radical (unpaired) electrons. The largest absolute Gasteiger partial charge is 0.472 e. The van der Waals surface area contributed by atoms with Gasteiger partial charge >= 0.3 is 19.8 Å². The fraction of sp³-hybridized carbons (Fsp3) is 0.654. The second-order valence-corrected chi connectivity index (χ2v) is 18.0. The van der Waals surface area contributed by atoms with Crippen molar-refractivity contribution in [1.29, 1.82) is 0 Å². The third-order valence-corrected chi connectivity index (χ3v) is 11.7. The van der Waals surface area contributed by atoms with Crippen LogP contribution in [0.5, 0.6) is 0 Å². The molecule has 0 aromatic carbocycles. The van der Waals surface area contributed by atoms with E-state index in [9.17, 15) is 44.6 Å². The number of hydrogen-bond donors (Lipinski definition) is 6. The van der Waals surface area contributed by atoms with Crippen molar-refractivity contribution in [2.45, 2.75) is 204 Å². The smallest absolute Gasteiger partial charge is 0.462 e. The van der Waals surface area contributed by atoms with Crippen molar-refractivity contribution >= 4 is 19.8 Å². The normalized spacial score (nSPS) is 22.1. The van der Waals surface area contributed by atoms with Crippen LogP contribution in [0, 0.1) is 0 Å². The van der Waals surface area contributed by atoms with Gasteiger partial charge in [-0.25, -0.2) is 4.57 Å². The maximum atomic E-state index is 12.8. The summed E-state index contributed by atoms with van der Waals surface area (Å²) in [6.45, 7) is 3.10. The zero-order chi connectivity index (χ0) is 48.5. The van der Waals surface area contributed by atoms with Crippen molar-refractivity contribution in [2.24, 2.45) is 0 Å². The van der Waals surface area contributed by atoms with Gasteiger partial charge in [0.05, 0.1) is 6.61 Å². The second kappa shape index (κ2) is 40.8. The van der Waals surface area contributed by atoms with Crippen molar-refractivity contribution < 1.29 is 63.1 Å². The van der Waals surface area contributed by atoms with E-state index in [0.717, 1.165) is 83.5 Å². The molecule has 13 nitrogen and oxygen atoms in total. The van der Waals surface area contributed by atoms with Gasteiger partial charge in [0.15, 0.2) is 6.10 Å². The van der Waals surface area contributed by atoms with Gasteiger partial charge in [0, 0.05) is 12.8 Å². The second-order valence-electron chi connectivity index (χ2n) is 16.6. The van der Waals surface area contributed by atoms with Gasteiger partial charge in [0.1, 0.15) is 43.2 Å². The number of phosphoric ester groups is 1. The van der Waals surface area contributed by atoms with Crippen LogP contribution in [0.1, 0.15) is 162 Å². The van der Waals surface area contributed by atoms with Crippen molar-refractivity contribution in [3.8, 4) is 0 Å².